The van der Waals surface area contributed by atoms with Crippen molar-refractivity contribution in [1.29, 1.82) is 0 Å². The number of carbonyl (C=O) groups excluding carboxylic acids is 2. The summed E-state index contributed by atoms with van der Waals surface area (Å²) in [5, 5.41) is 16.1. The summed E-state index contributed by atoms with van der Waals surface area (Å²) >= 11 is 0. The third-order valence-electron chi connectivity index (χ3n) is 3.74. The lowest BCUT2D eigenvalue weighted by molar-refractivity contribution is -0.384. The Labute approximate surface area is 156 Å². The van der Waals surface area contributed by atoms with Crippen molar-refractivity contribution in [3.63, 3.8) is 0 Å². The van der Waals surface area contributed by atoms with Crippen LogP contribution in [-0.4, -0.2) is 37.0 Å². The van der Waals surface area contributed by atoms with Crippen LogP contribution < -0.4 is 10.6 Å². The predicted octanol–water partition coefficient (Wildman–Crippen LogP) is 2.08. The van der Waals surface area contributed by atoms with Crippen molar-refractivity contribution in [3.8, 4) is 0 Å². The number of non-ortho nitro benzene ring substituents is 1. The summed E-state index contributed by atoms with van der Waals surface area (Å²) in [4.78, 5) is 34.0. The van der Waals surface area contributed by atoms with E-state index in [2.05, 4.69) is 10.6 Å². The highest BCUT2D eigenvalue weighted by Crippen LogP contribution is 2.14. The molecule has 0 aliphatic heterocycles. The molecule has 2 aromatic carbocycles. The topological polar surface area (TPSA) is 111 Å². The molecule has 0 aliphatic carbocycles. The van der Waals surface area contributed by atoms with Gasteiger partial charge in [-0.1, -0.05) is 24.3 Å². The normalized spacial score (nSPS) is 10.3. The van der Waals surface area contributed by atoms with Crippen LogP contribution in [-0.2, 0) is 27.2 Å². The van der Waals surface area contributed by atoms with Gasteiger partial charge in [-0.25, -0.2) is 0 Å². The zero-order valence-electron chi connectivity index (χ0n) is 14.9. The first-order valence-electron chi connectivity index (χ1n) is 8.35. The van der Waals surface area contributed by atoms with E-state index in [1.165, 1.54) is 12.1 Å². The van der Waals surface area contributed by atoms with Gasteiger partial charge in [-0.15, -0.1) is 0 Å². The largest absolute Gasteiger partial charge is 0.383 e. The molecule has 0 aliphatic rings. The molecule has 0 aromatic heterocycles. The number of carbonyl (C=O) groups is 2. The summed E-state index contributed by atoms with van der Waals surface area (Å²) in [6, 6.07) is 12.9. The number of benzene rings is 2. The first kappa shape index (κ1) is 20.1. The molecule has 0 bridgehead atoms. The van der Waals surface area contributed by atoms with Crippen LogP contribution in [0.3, 0.4) is 0 Å². The van der Waals surface area contributed by atoms with E-state index >= 15 is 0 Å². The zero-order valence-corrected chi connectivity index (χ0v) is 14.9. The van der Waals surface area contributed by atoms with Crippen LogP contribution in [0.4, 0.5) is 11.4 Å². The fourth-order valence-electron chi connectivity index (χ4n) is 2.37. The van der Waals surface area contributed by atoms with Gasteiger partial charge >= 0.3 is 0 Å². The highest BCUT2D eigenvalue weighted by molar-refractivity contribution is 5.92. The Morgan fingerprint density at radius 3 is 2.07 bits per heavy atom. The number of methoxy groups -OCH3 is 1. The van der Waals surface area contributed by atoms with E-state index in [4.69, 9.17) is 4.74 Å². The number of nitro groups is 1. The van der Waals surface area contributed by atoms with E-state index in [9.17, 15) is 19.7 Å². The lowest BCUT2D eigenvalue weighted by atomic mass is 10.1. The maximum Gasteiger partial charge on any atom is 0.269 e. The number of hydrogen-bond donors (Lipinski definition) is 2. The van der Waals surface area contributed by atoms with Gasteiger partial charge in [0.1, 0.15) is 0 Å². The average molecular weight is 371 g/mol. The highest BCUT2D eigenvalue weighted by Gasteiger charge is 2.08. The summed E-state index contributed by atoms with van der Waals surface area (Å²) in [5.74, 6) is -0.323. The predicted molar refractivity (Wildman–Crippen MR) is 100 cm³/mol. The van der Waals surface area contributed by atoms with E-state index in [0.29, 0.717) is 24.4 Å². The third-order valence-corrected chi connectivity index (χ3v) is 3.74. The molecule has 0 saturated carbocycles. The fraction of sp³-hybridized carbons (Fsp3) is 0.263. The van der Waals surface area contributed by atoms with E-state index < -0.39 is 4.92 Å². The molecular weight excluding hydrogens is 350 g/mol. The van der Waals surface area contributed by atoms with Crippen LogP contribution in [0.15, 0.2) is 48.5 Å². The van der Waals surface area contributed by atoms with Crippen LogP contribution in [0.25, 0.3) is 0 Å². The molecule has 142 valence electrons. The second-order valence-electron chi connectivity index (χ2n) is 5.86. The van der Waals surface area contributed by atoms with Crippen molar-refractivity contribution < 1.29 is 19.2 Å². The quantitative estimate of drug-likeness (QED) is 0.398. The molecule has 2 aromatic rings. The van der Waals surface area contributed by atoms with Crippen LogP contribution in [0.5, 0.6) is 0 Å². The van der Waals surface area contributed by atoms with E-state index in [0.717, 1.165) is 5.56 Å². The minimum Gasteiger partial charge on any atom is -0.383 e. The SMILES string of the molecule is COCCNC(=O)Cc1ccc(NC(=O)Cc2ccc([N+](=O)[O-])cc2)cc1. The van der Waals surface area contributed by atoms with Gasteiger partial charge in [0.05, 0.1) is 24.4 Å². The average Bonchev–Trinajstić information content (AvgIpc) is 2.64. The maximum absolute atomic E-state index is 12.1. The monoisotopic (exact) mass is 371 g/mol. The lowest BCUT2D eigenvalue weighted by Crippen LogP contribution is -2.28. The first-order valence-corrected chi connectivity index (χ1v) is 8.35. The van der Waals surface area contributed by atoms with Crippen molar-refractivity contribution in [1.82, 2.24) is 5.32 Å². The summed E-state index contributed by atoms with van der Waals surface area (Å²) in [7, 11) is 1.57. The Morgan fingerprint density at radius 1 is 0.963 bits per heavy atom. The van der Waals surface area contributed by atoms with Gasteiger partial charge < -0.3 is 15.4 Å². The third kappa shape index (κ3) is 6.87. The Hall–Kier alpha value is -3.26. The van der Waals surface area contributed by atoms with Gasteiger partial charge in [-0.05, 0) is 23.3 Å². The van der Waals surface area contributed by atoms with Crippen molar-refractivity contribution in [2.75, 3.05) is 25.6 Å². The number of nitro benzene ring substituents is 1. The standard InChI is InChI=1S/C19H21N3O5/c1-27-11-10-20-18(23)12-14-2-6-16(7-3-14)21-19(24)13-15-4-8-17(9-5-15)22(25)26/h2-9H,10-13H2,1H3,(H,20,23)(H,21,24). The number of hydrogen-bond acceptors (Lipinski definition) is 5. The Morgan fingerprint density at radius 2 is 1.52 bits per heavy atom. The van der Waals surface area contributed by atoms with Gasteiger partial charge in [0.2, 0.25) is 11.8 Å². The maximum atomic E-state index is 12.1. The fourth-order valence-corrected chi connectivity index (χ4v) is 2.37. The molecule has 0 unspecified atom stereocenters. The molecule has 0 spiro atoms. The number of nitrogens with zero attached hydrogens (tertiary/aromatic N) is 1. The van der Waals surface area contributed by atoms with Gasteiger partial charge in [0.25, 0.3) is 5.69 Å². The Balaban J connectivity index is 1.83. The first-order chi connectivity index (χ1) is 13.0. The molecule has 8 nitrogen and oxygen atoms in total. The summed E-state index contributed by atoms with van der Waals surface area (Å²) in [6.45, 7) is 0.928. The van der Waals surface area contributed by atoms with Crippen molar-refractivity contribution >= 4 is 23.2 Å². The molecule has 0 atom stereocenters. The number of rotatable bonds is 9. The molecule has 0 saturated heterocycles. The van der Waals surface area contributed by atoms with Crippen LogP contribution in [0.1, 0.15) is 11.1 Å². The molecule has 0 fully saturated rings. The zero-order chi connectivity index (χ0) is 19.6. The molecular formula is C19H21N3O5. The molecule has 27 heavy (non-hydrogen) atoms. The molecule has 2 amide bonds. The Bertz CT molecular complexity index is 788. The summed E-state index contributed by atoms with van der Waals surface area (Å²) < 4.78 is 4.87. The van der Waals surface area contributed by atoms with Crippen LogP contribution >= 0.6 is 0 Å². The number of amides is 2. The molecule has 0 heterocycles. The van der Waals surface area contributed by atoms with Gasteiger partial charge in [0.15, 0.2) is 0 Å². The minimum absolute atomic E-state index is 0.0130. The van der Waals surface area contributed by atoms with E-state index in [1.807, 2.05) is 0 Å². The number of ether oxygens (including phenoxy) is 1. The molecule has 8 heteroatoms. The van der Waals surface area contributed by atoms with E-state index in [1.54, 1.807) is 43.5 Å². The lowest BCUT2D eigenvalue weighted by Gasteiger charge is -2.07. The second kappa shape index (κ2) is 10.0. The smallest absolute Gasteiger partial charge is 0.269 e. The minimum atomic E-state index is -0.483. The van der Waals surface area contributed by atoms with Gasteiger partial charge in [0, 0.05) is 31.5 Å². The van der Waals surface area contributed by atoms with Crippen molar-refractivity contribution in [2.45, 2.75) is 12.8 Å². The second-order valence-corrected chi connectivity index (χ2v) is 5.86. The van der Waals surface area contributed by atoms with Gasteiger partial charge in [-0.3, -0.25) is 19.7 Å². The highest BCUT2D eigenvalue weighted by atomic mass is 16.6. The number of anilines is 1. The van der Waals surface area contributed by atoms with Crippen LogP contribution in [0, 0.1) is 10.1 Å². The summed E-state index contributed by atoms with van der Waals surface area (Å²) in [5.41, 5.74) is 2.12. The van der Waals surface area contributed by atoms with Crippen LogP contribution in [0.2, 0.25) is 0 Å². The van der Waals surface area contributed by atoms with Crippen molar-refractivity contribution in [2.24, 2.45) is 0 Å². The molecule has 2 rings (SSSR count). The van der Waals surface area contributed by atoms with E-state index in [-0.39, 0.29) is 30.3 Å². The summed E-state index contributed by atoms with van der Waals surface area (Å²) in [6.07, 6.45) is 0.363. The number of nitrogens with one attached hydrogen (secondary N) is 2. The van der Waals surface area contributed by atoms with Gasteiger partial charge in [-0.2, -0.15) is 0 Å². The molecule has 0 radical (unpaired) electrons. The Kier molecular flexibility index (Phi) is 7.45. The molecule has 2 N–H and O–H groups in total. The van der Waals surface area contributed by atoms with Crippen molar-refractivity contribution in [3.05, 3.63) is 69.8 Å².